The quantitative estimate of drug-likeness (QED) is 0.573. The summed E-state index contributed by atoms with van der Waals surface area (Å²) in [6, 6.07) is 7.06. The van der Waals surface area contributed by atoms with E-state index in [1.807, 2.05) is 13.0 Å². The fourth-order valence-corrected chi connectivity index (χ4v) is 1.29. The predicted octanol–water partition coefficient (Wildman–Crippen LogP) is 1.97. The maximum atomic E-state index is 9.28. The van der Waals surface area contributed by atoms with Crippen molar-refractivity contribution < 1.29 is 10.2 Å². The van der Waals surface area contributed by atoms with E-state index in [2.05, 4.69) is 4.99 Å². The second kappa shape index (κ2) is 6.19. The van der Waals surface area contributed by atoms with Crippen molar-refractivity contribution in [2.24, 2.45) is 4.99 Å². The van der Waals surface area contributed by atoms with Crippen LogP contribution in [-0.2, 0) is 0 Å². The number of aliphatic imine (C=N–C) groups is 1. The highest BCUT2D eigenvalue weighted by molar-refractivity contribution is 5.98. The predicted molar refractivity (Wildman–Crippen MR) is 61.5 cm³/mol. The van der Waals surface area contributed by atoms with Crippen molar-refractivity contribution in [2.45, 2.75) is 19.8 Å². The van der Waals surface area contributed by atoms with E-state index in [0.29, 0.717) is 0 Å². The summed E-state index contributed by atoms with van der Waals surface area (Å²) in [4.78, 5) is 4.37. The number of hydrogen-bond acceptors (Lipinski definition) is 3. The van der Waals surface area contributed by atoms with Gasteiger partial charge in [-0.3, -0.25) is 4.99 Å². The van der Waals surface area contributed by atoms with E-state index in [0.717, 1.165) is 30.7 Å². The number of rotatable bonds is 5. The lowest BCUT2D eigenvalue weighted by Crippen LogP contribution is -1.96. The Hall–Kier alpha value is -1.35. The number of aromatic hydroxyl groups is 1. The molecule has 0 saturated heterocycles. The van der Waals surface area contributed by atoms with E-state index in [9.17, 15) is 5.11 Å². The highest BCUT2D eigenvalue weighted by Crippen LogP contribution is 2.11. The molecule has 0 atom stereocenters. The minimum Gasteiger partial charge on any atom is -0.508 e. The van der Waals surface area contributed by atoms with E-state index < -0.39 is 0 Å². The molecule has 0 bridgehead atoms. The number of benzene rings is 1. The standard InChI is InChI=1S/C12H17NO2/c1-10(13-7-2-3-8-14)11-5-4-6-12(15)9-11/h4-6,9,14-15H,2-3,7-8H2,1H3/b13-10-. The number of hydrogen-bond donors (Lipinski definition) is 2. The first-order valence-corrected chi connectivity index (χ1v) is 5.15. The number of nitrogens with zero attached hydrogens (tertiary/aromatic N) is 1. The zero-order valence-electron chi connectivity index (χ0n) is 8.98. The summed E-state index contributed by atoms with van der Waals surface area (Å²) in [7, 11) is 0. The lowest BCUT2D eigenvalue weighted by Gasteiger charge is -2.01. The summed E-state index contributed by atoms with van der Waals surface area (Å²) in [6.07, 6.45) is 1.68. The Morgan fingerprint density at radius 1 is 1.33 bits per heavy atom. The Morgan fingerprint density at radius 3 is 2.80 bits per heavy atom. The van der Waals surface area contributed by atoms with Gasteiger partial charge in [0.2, 0.25) is 0 Å². The molecule has 82 valence electrons. The lowest BCUT2D eigenvalue weighted by molar-refractivity contribution is 0.285. The molecular formula is C12H17NO2. The average Bonchev–Trinajstić information content (AvgIpc) is 2.24. The molecule has 2 N–H and O–H groups in total. The smallest absolute Gasteiger partial charge is 0.116 e. The molecule has 3 heteroatoms. The van der Waals surface area contributed by atoms with Crippen LogP contribution in [0.3, 0.4) is 0 Å². The Bertz CT molecular complexity index is 334. The summed E-state index contributed by atoms with van der Waals surface area (Å²) in [5, 5.41) is 17.9. The van der Waals surface area contributed by atoms with Gasteiger partial charge in [-0.15, -0.1) is 0 Å². The molecule has 0 spiro atoms. The molecule has 1 aromatic carbocycles. The third kappa shape index (κ3) is 4.13. The average molecular weight is 207 g/mol. The first kappa shape index (κ1) is 11.7. The van der Waals surface area contributed by atoms with E-state index in [1.165, 1.54) is 0 Å². The van der Waals surface area contributed by atoms with Crippen LogP contribution in [0.4, 0.5) is 0 Å². The van der Waals surface area contributed by atoms with Crippen molar-refractivity contribution in [3.8, 4) is 5.75 Å². The molecule has 3 nitrogen and oxygen atoms in total. The van der Waals surface area contributed by atoms with Crippen molar-refractivity contribution in [2.75, 3.05) is 13.2 Å². The summed E-state index contributed by atoms with van der Waals surface area (Å²) in [5.74, 6) is 0.261. The topological polar surface area (TPSA) is 52.8 Å². The third-order valence-electron chi connectivity index (χ3n) is 2.18. The number of aliphatic hydroxyl groups excluding tert-OH is 1. The number of unbranched alkanes of at least 4 members (excludes halogenated alkanes) is 1. The molecule has 0 heterocycles. The van der Waals surface area contributed by atoms with E-state index >= 15 is 0 Å². The molecule has 0 aliphatic heterocycles. The summed E-state index contributed by atoms with van der Waals surface area (Å²) < 4.78 is 0. The molecule has 0 saturated carbocycles. The van der Waals surface area contributed by atoms with Gasteiger partial charge in [0.05, 0.1) is 0 Å². The Kier molecular flexibility index (Phi) is 4.84. The monoisotopic (exact) mass is 207 g/mol. The highest BCUT2D eigenvalue weighted by atomic mass is 16.3. The second-order valence-corrected chi connectivity index (χ2v) is 3.45. The summed E-state index contributed by atoms with van der Waals surface area (Å²) in [5.41, 5.74) is 1.86. The number of phenols is 1. The zero-order chi connectivity index (χ0) is 11.1. The van der Waals surface area contributed by atoms with Gasteiger partial charge in [0, 0.05) is 18.9 Å². The van der Waals surface area contributed by atoms with Crippen molar-refractivity contribution in [3.63, 3.8) is 0 Å². The number of aliphatic hydroxyl groups is 1. The van der Waals surface area contributed by atoms with Gasteiger partial charge in [-0.25, -0.2) is 0 Å². The SMILES string of the molecule is C/C(=N/CCCCO)c1cccc(O)c1. The number of phenolic OH excluding ortho intramolecular Hbond substituents is 1. The zero-order valence-corrected chi connectivity index (χ0v) is 8.98. The Morgan fingerprint density at radius 2 is 2.13 bits per heavy atom. The second-order valence-electron chi connectivity index (χ2n) is 3.45. The molecule has 1 rings (SSSR count). The fraction of sp³-hybridized carbons (Fsp3) is 0.417. The first-order chi connectivity index (χ1) is 7.24. The van der Waals surface area contributed by atoms with Crippen LogP contribution in [0.25, 0.3) is 0 Å². The van der Waals surface area contributed by atoms with Crippen LogP contribution in [-0.4, -0.2) is 29.1 Å². The van der Waals surface area contributed by atoms with Gasteiger partial charge in [-0.1, -0.05) is 12.1 Å². The van der Waals surface area contributed by atoms with Gasteiger partial charge in [-0.2, -0.15) is 0 Å². The molecule has 15 heavy (non-hydrogen) atoms. The van der Waals surface area contributed by atoms with Gasteiger partial charge < -0.3 is 10.2 Å². The molecule has 0 amide bonds. The molecule has 0 aromatic heterocycles. The van der Waals surface area contributed by atoms with Crippen LogP contribution in [0.1, 0.15) is 25.3 Å². The molecule has 0 radical (unpaired) electrons. The molecule has 0 aliphatic carbocycles. The Labute approximate surface area is 90.1 Å². The molecule has 0 unspecified atom stereocenters. The molecule has 0 fully saturated rings. The van der Waals surface area contributed by atoms with Gasteiger partial charge in [-0.05, 0) is 37.5 Å². The van der Waals surface area contributed by atoms with E-state index in [1.54, 1.807) is 18.2 Å². The minimum atomic E-state index is 0.223. The van der Waals surface area contributed by atoms with Crippen molar-refractivity contribution in [1.29, 1.82) is 0 Å². The summed E-state index contributed by atoms with van der Waals surface area (Å²) >= 11 is 0. The summed E-state index contributed by atoms with van der Waals surface area (Å²) in [6.45, 7) is 2.87. The van der Waals surface area contributed by atoms with Crippen LogP contribution in [0.15, 0.2) is 29.3 Å². The van der Waals surface area contributed by atoms with Crippen LogP contribution in [0.2, 0.25) is 0 Å². The largest absolute Gasteiger partial charge is 0.508 e. The Balaban J connectivity index is 2.55. The van der Waals surface area contributed by atoms with Crippen molar-refractivity contribution in [1.82, 2.24) is 0 Å². The maximum absolute atomic E-state index is 9.28. The molecule has 1 aromatic rings. The van der Waals surface area contributed by atoms with Gasteiger partial charge in [0.25, 0.3) is 0 Å². The minimum absolute atomic E-state index is 0.223. The highest BCUT2D eigenvalue weighted by Gasteiger charge is 1.97. The van der Waals surface area contributed by atoms with Gasteiger partial charge in [0.15, 0.2) is 0 Å². The lowest BCUT2D eigenvalue weighted by atomic mass is 10.1. The first-order valence-electron chi connectivity index (χ1n) is 5.15. The van der Waals surface area contributed by atoms with Gasteiger partial charge in [0.1, 0.15) is 5.75 Å². The normalized spacial score (nSPS) is 11.7. The fourth-order valence-electron chi connectivity index (χ4n) is 1.29. The van der Waals surface area contributed by atoms with Crippen LogP contribution >= 0.6 is 0 Å². The van der Waals surface area contributed by atoms with Gasteiger partial charge >= 0.3 is 0 Å². The molecular weight excluding hydrogens is 190 g/mol. The van der Waals surface area contributed by atoms with Crippen LogP contribution in [0.5, 0.6) is 5.75 Å². The van der Waals surface area contributed by atoms with E-state index in [4.69, 9.17) is 5.11 Å². The maximum Gasteiger partial charge on any atom is 0.116 e. The van der Waals surface area contributed by atoms with Crippen molar-refractivity contribution >= 4 is 5.71 Å². The van der Waals surface area contributed by atoms with Crippen LogP contribution in [0, 0.1) is 0 Å². The van der Waals surface area contributed by atoms with Crippen molar-refractivity contribution in [3.05, 3.63) is 29.8 Å². The van der Waals surface area contributed by atoms with Crippen LogP contribution < -0.4 is 0 Å². The van der Waals surface area contributed by atoms with E-state index in [-0.39, 0.29) is 12.4 Å². The molecule has 0 aliphatic rings. The third-order valence-corrected chi connectivity index (χ3v) is 2.18.